The van der Waals surface area contributed by atoms with Gasteiger partial charge < -0.3 is 45.1 Å². The van der Waals surface area contributed by atoms with Crippen LogP contribution < -0.4 is 15.4 Å². The maximum atomic E-state index is 14.7. The molecular formula is C81H113ClN4O4Ru2S2+2. The van der Waals surface area contributed by atoms with Crippen molar-refractivity contribution >= 4 is 29.7 Å². The summed E-state index contributed by atoms with van der Waals surface area (Å²) in [6, 6.07) is 47.0. The van der Waals surface area contributed by atoms with E-state index in [1.165, 1.54) is 22.3 Å². The van der Waals surface area contributed by atoms with Crippen LogP contribution in [0.1, 0.15) is 256 Å². The summed E-state index contributed by atoms with van der Waals surface area (Å²) in [6.07, 6.45) is 23.0. The molecule has 0 amide bonds. The molecule has 4 unspecified atom stereocenters. The number of nitrogens with one attached hydrogen (secondary N) is 3. The van der Waals surface area contributed by atoms with Crippen LogP contribution in [-0.4, -0.2) is 29.9 Å². The van der Waals surface area contributed by atoms with Crippen molar-refractivity contribution in [1.29, 1.82) is 0 Å². The second-order valence-electron chi connectivity index (χ2n) is 25.8. The first-order valence-electron chi connectivity index (χ1n) is 32.5. The van der Waals surface area contributed by atoms with Crippen molar-refractivity contribution in [2.45, 2.75) is 210 Å². The molecule has 8 nitrogen and oxygen atoms in total. The Bertz CT molecular complexity index is 3420. The van der Waals surface area contributed by atoms with Crippen molar-refractivity contribution in [2.24, 2.45) is 0 Å². The van der Waals surface area contributed by atoms with Gasteiger partial charge in [-0.25, -0.2) is 21.6 Å². The number of hydrogen-bond acceptors (Lipinski definition) is 6. The Morgan fingerprint density at radius 3 is 1.14 bits per heavy atom. The van der Waals surface area contributed by atoms with E-state index in [-0.39, 0.29) is 84.9 Å². The Morgan fingerprint density at radius 2 is 0.766 bits per heavy atom. The molecule has 2 aliphatic carbocycles. The molecule has 0 fully saturated rings. The second kappa shape index (κ2) is 43.8. The molecule has 13 heteroatoms. The first-order chi connectivity index (χ1) is 42.7. The average molecular weight is 1510 g/mol. The van der Waals surface area contributed by atoms with Crippen LogP contribution >= 0.6 is 9.69 Å². The quantitative estimate of drug-likeness (QED) is 0.0245. The van der Waals surface area contributed by atoms with Gasteiger partial charge in [-0.05, 0) is 156 Å². The fraction of sp³-hybridized carbons (Fsp3) is 0.407. The first kappa shape index (κ1) is 87.6. The molecule has 0 spiro atoms. The number of rotatable bonds is 29. The molecule has 8 rings (SSSR count). The van der Waals surface area contributed by atoms with Crippen molar-refractivity contribution < 1.29 is 53.6 Å². The Balaban J connectivity index is 0.000000871. The van der Waals surface area contributed by atoms with Crippen LogP contribution in [0.5, 0.6) is 0 Å². The SMILES string of the molecule is CC(C)c1cc(C(C)C)c(S(=O)(=O)NC(c2ccccc2)C(NCCCC2=CC=CCC2)c2ccccc2)c(C(C)C)c1.CC(C)c1cc(C(C)C)c(S(=O)(=O)[N-]C(c2ccccc2)C(NCCCCC2=CC=CCC2)c2ccccc2)c(C(C)C)c1.[CH3-].[CH3-].[CH3-].[CH3-].[Cl][Ru+3].[Ru+4]. The number of nitrogens with zero attached hydrogens (tertiary/aromatic N) is 1. The van der Waals surface area contributed by atoms with Crippen molar-refractivity contribution in [1.82, 2.24) is 15.4 Å². The third-order valence-electron chi connectivity index (χ3n) is 17.0. The zero-order valence-electron chi connectivity index (χ0n) is 59.4. The van der Waals surface area contributed by atoms with Crippen LogP contribution in [0, 0.1) is 29.7 Å². The molecule has 0 saturated heterocycles. The van der Waals surface area contributed by atoms with Gasteiger partial charge in [0.1, 0.15) is 10.0 Å². The van der Waals surface area contributed by atoms with Gasteiger partial charge in [-0.1, -0.05) is 288 Å². The third kappa shape index (κ3) is 25.4. The van der Waals surface area contributed by atoms with E-state index in [1.54, 1.807) is 0 Å². The monoisotopic (exact) mass is 1510 g/mol. The van der Waals surface area contributed by atoms with E-state index in [4.69, 9.17) is 4.72 Å². The number of benzene rings is 6. The fourth-order valence-electron chi connectivity index (χ4n) is 12.0. The number of unbranched alkanes of at least 4 members (excludes halogenated alkanes) is 1. The Morgan fingerprint density at radius 1 is 0.426 bits per heavy atom. The molecule has 4 atom stereocenters. The maximum absolute atomic E-state index is 14.7. The number of halogens is 1. The molecule has 6 aromatic carbocycles. The summed E-state index contributed by atoms with van der Waals surface area (Å²) in [5, 5.41) is 7.53. The van der Waals surface area contributed by atoms with Gasteiger partial charge in [-0.15, -0.1) is 0 Å². The molecule has 94 heavy (non-hydrogen) atoms. The molecular weight excluding hydrogens is 1390 g/mol. The smallest absolute Gasteiger partial charge is 4.00 e. The zero-order chi connectivity index (χ0) is 64.7. The van der Waals surface area contributed by atoms with Crippen LogP contribution in [-0.2, 0) is 56.8 Å². The second-order valence-corrected chi connectivity index (χ2v) is 29.0. The molecule has 0 saturated carbocycles. The molecule has 0 heterocycles. The first-order valence-corrected chi connectivity index (χ1v) is 37.7. The average Bonchev–Trinajstić information content (AvgIpc) is 0.771. The Kier molecular flexibility index (Phi) is 40.8. The normalized spacial score (nSPS) is 14.1. The predicted molar refractivity (Wildman–Crippen MR) is 399 cm³/mol. The molecule has 514 valence electrons. The topological polar surface area (TPSA) is 118 Å². The van der Waals surface area contributed by atoms with E-state index >= 15 is 0 Å². The van der Waals surface area contributed by atoms with E-state index in [9.17, 15) is 16.8 Å². The third-order valence-corrected chi connectivity index (χ3v) is 20.1. The largest absolute Gasteiger partial charge is 4.00 e. The van der Waals surface area contributed by atoms with Crippen LogP contribution in [0.4, 0.5) is 0 Å². The van der Waals surface area contributed by atoms with Crippen molar-refractivity contribution in [2.75, 3.05) is 13.1 Å². The minimum Gasteiger partial charge on any atom is 4.00 e. The zero-order valence-corrected chi connectivity index (χ0v) is 65.2. The van der Waals surface area contributed by atoms with Gasteiger partial charge in [0.25, 0.3) is 0 Å². The Labute approximate surface area is 600 Å². The number of sulfonamides is 2. The van der Waals surface area contributed by atoms with E-state index in [2.05, 4.69) is 193 Å². The molecule has 3 N–H and O–H groups in total. The van der Waals surface area contributed by atoms with Crippen molar-refractivity contribution in [3.8, 4) is 0 Å². The summed E-state index contributed by atoms with van der Waals surface area (Å²) in [6.45, 7) is 26.9. The molecule has 6 aromatic rings. The van der Waals surface area contributed by atoms with Crippen LogP contribution in [0.2, 0.25) is 0 Å². The minimum atomic E-state index is -4.03. The van der Waals surface area contributed by atoms with Crippen LogP contribution in [0.3, 0.4) is 0 Å². The molecule has 0 radical (unpaired) electrons. The minimum absolute atomic E-state index is 0. The van der Waals surface area contributed by atoms with Gasteiger partial charge in [0.15, 0.2) is 0 Å². The van der Waals surface area contributed by atoms with Crippen LogP contribution in [0.25, 0.3) is 4.72 Å². The summed E-state index contributed by atoms with van der Waals surface area (Å²) < 4.78 is 66.7. The summed E-state index contributed by atoms with van der Waals surface area (Å²) in [5.41, 5.74) is 12.7. The van der Waals surface area contributed by atoms with Gasteiger partial charge in [0, 0.05) is 6.04 Å². The van der Waals surface area contributed by atoms with Crippen LogP contribution in [0.15, 0.2) is 203 Å². The summed E-state index contributed by atoms with van der Waals surface area (Å²) in [7, 11) is -3.37. The van der Waals surface area contributed by atoms with Crippen molar-refractivity contribution in [3.05, 3.63) is 283 Å². The summed E-state index contributed by atoms with van der Waals surface area (Å²) in [5.74, 6) is 0.810. The Hall–Kier alpha value is -4.44. The molecule has 2 aliphatic rings. The maximum Gasteiger partial charge on any atom is 4.00 e. The van der Waals surface area contributed by atoms with E-state index in [0.29, 0.717) is 21.6 Å². The fourth-order valence-corrected chi connectivity index (χ4v) is 15.7. The predicted octanol–water partition coefficient (Wildman–Crippen LogP) is 22.6. The van der Waals surface area contributed by atoms with E-state index in [1.807, 2.05) is 114 Å². The number of allylic oxidation sites excluding steroid dienone is 8. The molecule has 0 aliphatic heterocycles. The van der Waals surface area contributed by atoms with Gasteiger partial charge in [0.05, 0.1) is 21.9 Å². The molecule has 0 bridgehead atoms. The van der Waals surface area contributed by atoms with E-state index in [0.717, 1.165) is 115 Å². The number of hydrogen-bond donors (Lipinski definition) is 3. The summed E-state index contributed by atoms with van der Waals surface area (Å²) >= 11 is 1.82. The van der Waals surface area contributed by atoms with Gasteiger partial charge in [0.2, 0.25) is 10.0 Å². The van der Waals surface area contributed by atoms with Gasteiger partial charge >= 0.3 is 46.5 Å². The van der Waals surface area contributed by atoms with Gasteiger partial charge in [-0.3, -0.25) is 0 Å². The summed E-state index contributed by atoms with van der Waals surface area (Å²) in [4.78, 5) is 0.821. The standard InChI is InChI=1S/C39H51N2O2S.C38H50N2O2S.4CH3.ClH.2Ru/c1-28(2)34-26-35(29(3)4)39(36(27-34)30(5)6)44(42,43)41-38(33-23-14-9-15-24-33)37(32-21-12-8-13-22-32)40-25-17-16-20-31-18-10-7-11-19-31;1-27(2)33-25-34(28(3)4)38(35(26-33)29(5)6)43(41,42)40-37(32-22-14-9-15-23-32)36(31-20-12-8-13-21-31)39-24-16-19-30-17-10-7-11-18-30;;;;;;;/h7-10,12-15,18,21-24,26-30,37-38,40H,11,16-17,19-20,25H2,1-6H3;7-10,12-15,17,20-23,25-29,36-37,39-40H,11,16,18-19,24H2,1-6H3;4*1H3;1H;;/q-1;;4*-1;;2*+4/p-1. The molecule has 0 aromatic heterocycles. The van der Waals surface area contributed by atoms with E-state index < -0.39 is 32.1 Å². The van der Waals surface area contributed by atoms with Crippen molar-refractivity contribution in [3.63, 3.8) is 0 Å². The van der Waals surface area contributed by atoms with Gasteiger partial charge in [-0.2, -0.15) is 0 Å².